The fourth-order valence-corrected chi connectivity index (χ4v) is 4.00. The summed E-state index contributed by atoms with van der Waals surface area (Å²) in [6, 6.07) is 7.78. The molecule has 1 aromatic carbocycles. The molecule has 1 heterocycles. The van der Waals surface area contributed by atoms with Crippen LogP contribution < -0.4 is 9.64 Å². The van der Waals surface area contributed by atoms with E-state index in [-0.39, 0.29) is 17.7 Å². The molecule has 2 amide bonds. The van der Waals surface area contributed by atoms with Gasteiger partial charge in [-0.25, -0.2) is 0 Å². The second kappa shape index (κ2) is 7.46. The summed E-state index contributed by atoms with van der Waals surface area (Å²) in [7, 11) is 3.51. The topological polar surface area (TPSA) is 49.9 Å². The number of amides is 2. The molecule has 136 valence electrons. The van der Waals surface area contributed by atoms with Crippen LogP contribution in [0.4, 0.5) is 5.69 Å². The zero-order valence-corrected chi connectivity index (χ0v) is 15.4. The van der Waals surface area contributed by atoms with Gasteiger partial charge < -0.3 is 14.5 Å². The predicted molar refractivity (Wildman–Crippen MR) is 97.6 cm³/mol. The lowest BCUT2D eigenvalue weighted by Crippen LogP contribution is -2.43. The lowest BCUT2D eigenvalue weighted by molar-refractivity contribution is -0.137. The van der Waals surface area contributed by atoms with Crippen molar-refractivity contribution in [3.05, 3.63) is 24.3 Å². The first-order valence-corrected chi connectivity index (χ1v) is 9.20. The fourth-order valence-electron chi connectivity index (χ4n) is 4.00. The number of ether oxygens (including phenoxy) is 1. The largest absolute Gasteiger partial charge is 0.497 e. The van der Waals surface area contributed by atoms with Crippen LogP contribution in [0.3, 0.4) is 0 Å². The number of methoxy groups -OCH3 is 1. The Hall–Kier alpha value is -2.04. The van der Waals surface area contributed by atoms with E-state index in [0.29, 0.717) is 24.8 Å². The van der Waals surface area contributed by atoms with Crippen molar-refractivity contribution in [1.29, 1.82) is 0 Å². The average Bonchev–Trinajstić information content (AvgIpc) is 3.03. The first kappa shape index (κ1) is 17.8. The van der Waals surface area contributed by atoms with E-state index in [4.69, 9.17) is 4.74 Å². The Morgan fingerprint density at radius 2 is 1.96 bits per heavy atom. The molecule has 25 heavy (non-hydrogen) atoms. The maximum absolute atomic E-state index is 12.9. The van der Waals surface area contributed by atoms with Gasteiger partial charge in [0.15, 0.2) is 0 Å². The molecule has 1 unspecified atom stereocenters. The molecule has 1 aliphatic heterocycles. The Morgan fingerprint density at radius 1 is 1.24 bits per heavy atom. The molecule has 5 heteroatoms. The van der Waals surface area contributed by atoms with E-state index in [1.807, 2.05) is 36.2 Å². The predicted octanol–water partition coefficient (Wildman–Crippen LogP) is 3.09. The minimum Gasteiger partial charge on any atom is -0.497 e. The van der Waals surface area contributed by atoms with Crippen LogP contribution in [0.15, 0.2) is 24.3 Å². The van der Waals surface area contributed by atoms with E-state index in [1.165, 1.54) is 12.8 Å². The third-order valence-electron chi connectivity index (χ3n) is 5.72. The highest BCUT2D eigenvalue weighted by atomic mass is 16.5. The second-order valence-corrected chi connectivity index (χ2v) is 7.47. The Morgan fingerprint density at radius 3 is 2.64 bits per heavy atom. The molecular formula is C20H28N2O3. The number of hydrogen-bond acceptors (Lipinski definition) is 3. The molecular weight excluding hydrogens is 316 g/mol. The minimum atomic E-state index is -0.247. The van der Waals surface area contributed by atoms with Gasteiger partial charge in [0.25, 0.3) is 0 Å². The zero-order chi connectivity index (χ0) is 18.0. The van der Waals surface area contributed by atoms with Gasteiger partial charge in [-0.05, 0) is 43.7 Å². The summed E-state index contributed by atoms with van der Waals surface area (Å²) in [5, 5.41) is 0. The molecule has 2 fully saturated rings. The molecule has 0 spiro atoms. The van der Waals surface area contributed by atoms with Crippen molar-refractivity contribution in [3.63, 3.8) is 0 Å². The number of carbonyl (C=O) groups excluding carboxylic acids is 2. The van der Waals surface area contributed by atoms with Crippen LogP contribution >= 0.6 is 0 Å². The number of hydrogen-bond donors (Lipinski definition) is 0. The van der Waals surface area contributed by atoms with Crippen LogP contribution in [-0.2, 0) is 9.59 Å². The first-order chi connectivity index (χ1) is 12.0. The summed E-state index contributed by atoms with van der Waals surface area (Å²) in [4.78, 5) is 29.0. The molecule has 1 saturated carbocycles. The second-order valence-electron chi connectivity index (χ2n) is 7.47. The van der Waals surface area contributed by atoms with Gasteiger partial charge >= 0.3 is 0 Å². The molecule has 3 rings (SSSR count). The van der Waals surface area contributed by atoms with Gasteiger partial charge in [0.05, 0.1) is 13.0 Å². The maximum atomic E-state index is 12.9. The summed E-state index contributed by atoms with van der Waals surface area (Å²) < 4.78 is 5.24. The van der Waals surface area contributed by atoms with E-state index in [1.54, 1.807) is 12.0 Å². The Balaban J connectivity index is 1.66. The van der Waals surface area contributed by atoms with E-state index >= 15 is 0 Å². The highest BCUT2D eigenvalue weighted by Gasteiger charge is 2.38. The summed E-state index contributed by atoms with van der Waals surface area (Å²) in [6.45, 7) is 2.73. The third kappa shape index (κ3) is 3.80. The van der Waals surface area contributed by atoms with Crippen LogP contribution in [0.25, 0.3) is 0 Å². The summed E-state index contributed by atoms with van der Waals surface area (Å²) >= 11 is 0. The monoisotopic (exact) mass is 344 g/mol. The highest BCUT2D eigenvalue weighted by molar-refractivity contribution is 6.00. The summed E-state index contributed by atoms with van der Waals surface area (Å²) in [6.07, 6.45) is 4.81. The molecule has 0 aromatic heterocycles. The van der Waals surface area contributed by atoms with Crippen LogP contribution in [-0.4, -0.2) is 43.5 Å². The van der Waals surface area contributed by atoms with Crippen LogP contribution in [0.5, 0.6) is 5.75 Å². The molecule has 0 N–H and O–H groups in total. The summed E-state index contributed by atoms with van der Waals surface area (Å²) in [5.41, 5.74) is 0.800. The standard InChI is InChI=1S/C20H28N2O3/c1-14-7-9-16(10-8-14)21(2)20(24)15-11-19(23)22(13-15)17-5-4-6-18(12-17)25-3/h4-6,12,14-16H,7-11,13H2,1-3H3. The Bertz CT molecular complexity index is 638. The van der Waals surface area contributed by atoms with E-state index < -0.39 is 0 Å². The lowest BCUT2D eigenvalue weighted by Gasteiger charge is -2.34. The molecule has 2 aliphatic rings. The van der Waals surface area contributed by atoms with Crippen molar-refractivity contribution < 1.29 is 14.3 Å². The van der Waals surface area contributed by atoms with Crippen molar-refractivity contribution in [2.75, 3.05) is 25.6 Å². The van der Waals surface area contributed by atoms with Crippen molar-refractivity contribution >= 4 is 17.5 Å². The van der Waals surface area contributed by atoms with Crippen LogP contribution in [0.2, 0.25) is 0 Å². The maximum Gasteiger partial charge on any atom is 0.228 e. The fraction of sp³-hybridized carbons (Fsp3) is 0.600. The highest BCUT2D eigenvalue weighted by Crippen LogP contribution is 2.31. The lowest BCUT2D eigenvalue weighted by atomic mass is 9.86. The summed E-state index contributed by atoms with van der Waals surface area (Å²) in [5.74, 6) is 1.35. The van der Waals surface area contributed by atoms with E-state index in [9.17, 15) is 9.59 Å². The number of anilines is 1. The molecule has 0 radical (unpaired) electrons. The zero-order valence-electron chi connectivity index (χ0n) is 15.4. The molecule has 1 atom stereocenters. The van der Waals surface area contributed by atoms with Gasteiger partial charge in [-0.1, -0.05) is 13.0 Å². The van der Waals surface area contributed by atoms with Gasteiger partial charge in [-0.3, -0.25) is 9.59 Å². The third-order valence-corrected chi connectivity index (χ3v) is 5.72. The van der Waals surface area contributed by atoms with Gasteiger partial charge in [0.2, 0.25) is 11.8 Å². The van der Waals surface area contributed by atoms with Gasteiger partial charge in [-0.2, -0.15) is 0 Å². The molecule has 5 nitrogen and oxygen atoms in total. The van der Waals surface area contributed by atoms with E-state index in [2.05, 4.69) is 6.92 Å². The minimum absolute atomic E-state index is 0.0114. The normalized spacial score (nSPS) is 26.6. The van der Waals surface area contributed by atoms with Crippen molar-refractivity contribution in [1.82, 2.24) is 4.90 Å². The quantitative estimate of drug-likeness (QED) is 0.843. The number of rotatable bonds is 4. The smallest absolute Gasteiger partial charge is 0.228 e. The molecule has 1 aliphatic carbocycles. The number of benzene rings is 1. The van der Waals surface area contributed by atoms with Crippen molar-refractivity contribution in [2.45, 2.75) is 45.1 Å². The molecule has 0 bridgehead atoms. The van der Waals surface area contributed by atoms with Crippen LogP contribution in [0, 0.1) is 11.8 Å². The van der Waals surface area contributed by atoms with Gasteiger partial charge in [0, 0.05) is 37.8 Å². The first-order valence-electron chi connectivity index (χ1n) is 9.20. The molecule has 1 aromatic rings. The van der Waals surface area contributed by atoms with Crippen LogP contribution in [0.1, 0.15) is 39.0 Å². The van der Waals surface area contributed by atoms with Crippen molar-refractivity contribution in [2.24, 2.45) is 11.8 Å². The van der Waals surface area contributed by atoms with Gasteiger partial charge in [-0.15, -0.1) is 0 Å². The van der Waals surface area contributed by atoms with Crippen molar-refractivity contribution in [3.8, 4) is 5.75 Å². The number of nitrogens with zero attached hydrogens (tertiary/aromatic N) is 2. The Labute approximate surface area is 149 Å². The SMILES string of the molecule is COc1cccc(N2CC(C(=O)N(C)C3CCC(C)CC3)CC2=O)c1. The van der Waals surface area contributed by atoms with Gasteiger partial charge in [0.1, 0.15) is 5.75 Å². The Kier molecular flexibility index (Phi) is 5.30. The van der Waals surface area contributed by atoms with E-state index in [0.717, 1.165) is 24.4 Å². The number of carbonyl (C=O) groups is 2. The average molecular weight is 344 g/mol. The molecule has 1 saturated heterocycles.